The highest BCUT2D eigenvalue weighted by molar-refractivity contribution is 5.40. The highest BCUT2D eigenvalue weighted by Crippen LogP contribution is 2.22. The second-order valence-corrected chi connectivity index (χ2v) is 5.17. The zero-order chi connectivity index (χ0) is 12.4. The lowest BCUT2D eigenvalue weighted by Gasteiger charge is -2.27. The van der Waals surface area contributed by atoms with Crippen molar-refractivity contribution >= 4 is 5.69 Å². The van der Waals surface area contributed by atoms with E-state index < -0.39 is 0 Å². The Hall–Kier alpha value is -1.36. The minimum absolute atomic E-state index is 0.0465. The molecule has 0 bridgehead atoms. The quantitative estimate of drug-likeness (QED) is 0.876. The van der Waals surface area contributed by atoms with Crippen LogP contribution in [0, 0.1) is 0 Å². The van der Waals surface area contributed by atoms with Crippen LogP contribution < -0.4 is 10.9 Å². The van der Waals surface area contributed by atoms with Crippen LogP contribution in [0.2, 0.25) is 0 Å². The Morgan fingerprint density at radius 1 is 1.39 bits per heavy atom. The number of hydrogen-bond donors (Lipinski definition) is 1. The number of ether oxygens (including phenoxy) is 1. The summed E-state index contributed by atoms with van der Waals surface area (Å²) in [5.41, 5.74) is 0.795. The average Bonchev–Trinajstić information content (AvgIpc) is 2.80. The van der Waals surface area contributed by atoms with Crippen molar-refractivity contribution in [3.8, 4) is 0 Å². The molecule has 1 N–H and O–H groups in total. The molecule has 1 saturated heterocycles. The van der Waals surface area contributed by atoms with Crippen LogP contribution in [-0.2, 0) is 11.3 Å². The number of nitrogens with zero attached hydrogens (tertiary/aromatic N) is 2. The first-order chi connectivity index (χ1) is 8.81. The monoisotopic (exact) mass is 249 g/mol. The van der Waals surface area contributed by atoms with Crippen LogP contribution >= 0.6 is 0 Å². The minimum Gasteiger partial charge on any atom is -0.381 e. The minimum atomic E-state index is -0.0465. The molecule has 1 aliphatic heterocycles. The molecule has 1 saturated carbocycles. The third-order valence-corrected chi connectivity index (χ3v) is 3.75. The summed E-state index contributed by atoms with van der Waals surface area (Å²) in [5, 5.41) is 7.55. The Morgan fingerprint density at radius 2 is 2.28 bits per heavy atom. The van der Waals surface area contributed by atoms with Crippen molar-refractivity contribution in [2.75, 3.05) is 11.9 Å². The summed E-state index contributed by atoms with van der Waals surface area (Å²) in [4.78, 5) is 11.9. The van der Waals surface area contributed by atoms with Gasteiger partial charge in [0.15, 0.2) is 0 Å². The van der Waals surface area contributed by atoms with E-state index in [4.69, 9.17) is 4.74 Å². The largest absolute Gasteiger partial charge is 0.381 e. The number of aromatic nitrogens is 2. The van der Waals surface area contributed by atoms with Gasteiger partial charge in [-0.15, -0.1) is 0 Å². The lowest BCUT2D eigenvalue weighted by molar-refractivity contribution is 0.0927. The molecule has 3 rings (SSSR count). The maximum absolute atomic E-state index is 11.9. The zero-order valence-corrected chi connectivity index (χ0v) is 10.5. The van der Waals surface area contributed by atoms with Crippen molar-refractivity contribution in [3.05, 3.63) is 22.6 Å². The Morgan fingerprint density at radius 3 is 2.89 bits per heavy atom. The molecule has 2 heterocycles. The molecular formula is C13H19N3O2. The molecule has 0 amide bonds. The number of rotatable bonds is 4. The van der Waals surface area contributed by atoms with E-state index in [0.717, 1.165) is 25.1 Å². The molecule has 1 atom stereocenters. The maximum atomic E-state index is 11.9. The maximum Gasteiger partial charge on any atom is 0.268 e. The van der Waals surface area contributed by atoms with Crippen LogP contribution in [0.3, 0.4) is 0 Å². The highest BCUT2D eigenvalue weighted by Gasteiger charge is 2.19. The highest BCUT2D eigenvalue weighted by atomic mass is 16.5. The van der Waals surface area contributed by atoms with Crippen LogP contribution in [0.25, 0.3) is 0 Å². The molecule has 1 unspecified atom stereocenters. The van der Waals surface area contributed by atoms with Gasteiger partial charge in [0.25, 0.3) is 5.56 Å². The summed E-state index contributed by atoms with van der Waals surface area (Å²) in [6.45, 7) is 1.38. The van der Waals surface area contributed by atoms with Gasteiger partial charge in [0.05, 0.1) is 24.5 Å². The standard InChI is InChI=1S/C13H19N3O2/c17-13-7-11(15-10-3-1-4-10)8-14-16(13)9-12-5-2-6-18-12/h7-8,10,12,15H,1-6,9H2. The molecule has 1 aromatic rings. The van der Waals surface area contributed by atoms with Crippen LogP contribution in [0.5, 0.6) is 0 Å². The number of hydrogen-bond acceptors (Lipinski definition) is 4. The fraction of sp³-hybridized carbons (Fsp3) is 0.692. The summed E-state index contributed by atoms with van der Waals surface area (Å²) < 4.78 is 7.02. The smallest absolute Gasteiger partial charge is 0.268 e. The average molecular weight is 249 g/mol. The Balaban J connectivity index is 1.65. The second-order valence-electron chi connectivity index (χ2n) is 5.17. The van der Waals surface area contributed by atoms with Crippen molar-refractivity contribution in [2.24, 2.45) is 0 Å². The van der Waals surface area contributed by atoms with E-state index >= 15 is 0 Å². The molecule has 0 spiro atoms. The van der Waals surface area contributed by atoms with E-state index in [1.807, 2.05) is 0 Å². The fourth-order valence-electron chi connectivity index (χ4n) is 2.42. The van der Waals surface area contributed by atoms with Crippen molar-refractivity contribution < 1.29 is 4.74 Å². The molecule has 2 aliphatic rings. The first kappa shape index (κ1) is 11.7. The van der Waals surface area contributed by atoms with Gasteiger partial charge in [-0.05, 0) is 32.1 Å². The molecule has 1 aliphatic carbocycles. The van der Waals surface area contributed by atoms with Crippen LogP contribution in [0.1, 0.15) is 32.1 Å². The third-order valence-electron chi connectivity index (χ3n) is 3.75. The molecule has 18 heavy (non-hydrogen) atoms. The number of anilines is 1. The van der Waals surface area contributed by atoms with Gasteiger partial charge in [-0.1, -0.05) is 0 Å². The molecular weight excluding hydrogens is 230 g/mol. The first-order valence-electron chi connectivity index (χ1n) is 6.76. The SMILES string of the molecule is O=c1cc(NC2CCC2)cnn1CC1CCCO1. The van der Waals surface area contributed by atoms with Crippen molar-refractivity contribution in [2.45, 2.75) is 50.8 Å². The molecule has 1 aromatic heterocycles. The first-order valence-corrected chi connectivity index (χ1v) is 6.76. The fourth-order valence-corrected chi connectivity index (χ4v) is 2.42. The van der Waals surface area contributed by atoms with Crippen molar-refractivity contribution in [1.82, 2.24) is 9.78 Å². The van der Waals surface area contributed by atoms with Gasteiger partial charge in [0.2, 0.25) is 0 Å². The topological polar surface area (TPSA) is 56.2 Å². The number of nitrogens with one attached hydrogen (secondary N) is 1. The molecule has 98 valence electrons. The van der Waals surface area contributed by atoms with Gasteiger partial charge < -0.3 is 10.1 Å². The van der Waals surface area contributed by atoms with Crippen molar-refractivity contribution in [1.29, 1.82) is 0 Å². The summed E-state index contributed by atoms with van der Waals surface area (Å²) in [6, 6.07) is 2.17. The van der Waals surface area contributed by atoms with E-state index in [2.05, 4.69) is 10.4 Å². The van der Waals surface area contributed by atoms with Gasteiger partial charge >= 0.3 is 0 Å². The molecule has 5 nitrogen and oxygen atoms in total. The van der Waals surface area contributed by atoms with E-state index in [-0.39, 0.29) is 11.7 Å². The zero-order valence-electron chi connectivity index (χ0n) is 10.5. The molecule has 0 radical (unpaired) electrons. The van der Waals surface area contributed by atoms with Gasteiger partial charge in [-0.25, -0.2) is 4.68 Å². The van der Waals surface area contributed by atoms with E-state index in [9.17, 15) is 4.79 Å². The summed E-state index contributed by atoms with van der Waals surface area (Å²) in [5.74, 6) is 0. The van der Waals surface area contributed by atoms with Gasteiger partial charge in [0, 0.05) is 18.7 Å². The third kappa shape index (κ3) is 2.56. The van der Waals surface area contributed by atoms with Gasteiger partial charge in [-0.3, -0.25) is 4.79 Å². The van der Waals surface area contributed by atoms with E-state index in [1.54, 1.807) is 12.3 Å². The summed E-state index contributed by atoms with van der Waals surface area (Å²) >= 11 is 0. The normalized spacial score (nSPS) is 23.9. The Labute approximate surface area is 106 Å². The van der Waals surface area contributed by atoms with Crippen LogP contribution in [-0.4, -0.2) is 28.5 Å². The molecule has 2 fully saturated rings. The van der Waals surface area contributed by atoms with Crippen LogP contribution in [0.15, 0.2) is 17.1 Å². The predicted molar refractivity (Wildman–Crippen MR) is 68.7 cm³/mol. The summed E-state index contributed by atoms with van der Waals surface area (Å²) in [7, 11) is 0. The van der Waals surface area contributed by atoms with Gasteiger partial charge in [-0.2, -0.15) is 5.10 Å². The van der Waals surface area contributed by atoms with E-state index in [1.165, 1.54) is 23.9 Å². The Bertz CT molecular complexity index is 462. The van der Waals surface area contributed by atoms with Crippen molar-refractivity contribution in [3.63, 3.8) is 0 Å². The van der Waals surface area contributed by atoms with Crippen LogP contribution in [0.4, 0.5) is 5.69 Å². The lowest BCUT2D eigenvalue weighted by Crippen LogP contribution is -2.31. The molecule has 5 heteroatoms. The van der Waals surface area contributed by atoms with Gasteiger partial charge in [0.1, 0.15) is 0 Å². The lowest BCUT2D eigenvalue weighted by atomic mass is 9.93. The summed E-state index contributed by atoms with van der Waals surface area (Å²) in [6.07, 6.45) is 7.67. The second kappa shape index (κ2) is 5.10. The Kier molecular flexibility index (Phi) is 3.32. The van der Waals surface area contributed by atoms with E-state index in [0.29, 0.717) is 12.6 Å². The predicted octanol–water partition coefficient (Wildman–Crippen LogP) is 1.39. The molecule has 0 aromatic carbocycles.